The molecule has 66 valence electrons. The summed E-state index contributed by atoms with van der Waals surface area (Å²) in [5, 5.41) is 3.20. The molecule has 0 saturated heterocycles. The lowest BCUT2D eigenvalue weighted by atomic mass is 10.4. The van der Waals surface area contributed by atoms with Crippen LogP contribution in [0.3, 0.4) is 0 Å². The minimum atomic E-state index is 0.658. The van der Waals surface area contributed by atoms with E-state index in [0.29, 0.717) is 6.67 Å². The second kappa shape index (κ2) is 5.27. The van der Waals surface area contributed by atoms with Gasteiger partial charge in [-0.25, -0.2) is 0 Å². The third-order valence-corrected chi connectivity index (χ3v) is 1.59. The molecule has 0 saturated carbocycles. The van der Waals surface area contributed by atoms with Crippen molar-refractivity contribution >= 4 is 6.72 Å². The lowest BCUT2D eigenvalue weighted by Crippen LogP contribution is -2.47. The van der Waals surface area contributed by atoms with Gasteiger partial charge in [-0.2, -0.15) is 0 Å². The molecule has 0 amide bonds. The van der Waals surface area contributed by atoms with Crippen molar-refractivity contribution in [1.82, 2.24) is 5.32 Å². The van der Waals surface area contributed by atoms with E-state index in [1.54, 1.807) is 0 Å². The first-order valence-corrected chi connectivity index (χ1v) is 4.07. The maximum absolute atomic E-state index is 3.73. The monoisotopic (exact) mass is 158 g/mol. The van der Waals surface area contributed by atoms with Crippen molar-refractivity contribution in [3.05, 3.63) is 0 Å². The molecule has 0 bridgehead atoms. The van der Waals surface area contributed by atoms with E-state index in [4.69, 9.17) is 0 Å². The van der Waals surface area contributed by atoms with E-state index < -0.39 is 0 Å². The Bertz CT molecular complexity index is 110. The fraction of sp³-hybridized carbons (Fsp3) is 0.875. The lowest BCUT2D eigenvalue weighted by Gasteiger charge is -2.29. The van der Waals surface area contributed by atoms with Crippen LogP contribution in [-0.4, -0.2) is 45.2 Å². The fourth-order valence-corrected chi connectivity index (χ4v) is 1.12. The van der Waals surface area contributed by atoms with Crippen LogP contribution in [0.2, 0.25) is 0 Å². The van der Waals surface area contributed by atoms with Crippen molar-refractivity contribution in [2.75, 3.05) is 34.0 Å². The lowest BCUT2D eigenvalue weighted by molar-refractivity contribution is -0.893. The SMILES string of the molecule is C=NCNC[N+](C)(C)CCC. The van der Waals surface area contributed by atoms with Gasteiger partial charge in [-0.1, -0.05) is 6.92 Å². The average Bonchev–Trinajstić information content (AvgIpc) is 1.87. The predicted octanol–water partition coefficient (Wildman–Crippen LogP) is 0.678. The topological polar surface area (TPSA) is 24.4 Å². The molecule has 11 heavy (non-hydrogen) atoms. The Balaban J connectivity index is 3.45. The van der Waals surface area contributed by atoms with Gasteiger partial charge in [0.15, 0.2) is 0 Å². The van der Waals surface area contributed by atoms with Gasteiger partial charge >= 0.3 is 0 Å². The van der Waals surface area contributed by atoms with E-state index in [1.165, 1.54) is 13.0 Å². The van der Waals surface area contributed by atoms with Gasteiger partial charge in [0.2, 0.25) is 0 Å². The van der Waals surface area contributed by atoms with Gasteiger partial charge in [0.25, 0.3) is 0 Å². The van der Waals surface area contributed by atoms with Crippen molar-refractivity contribution in [2.45, 2.75) is 13.3 Å². The van der Waals surface area contributed by atoms with Crippen molar-refractivity contribution in [2.24, 2.45) is 4.99 Å². The zero-order chi connectivity index (χ0) is 8.74. The highest BCUT2D eigenvalue weighted by molar-refractivity contribution is 5.22. The largest absolute Gasteiger partial charge is 0.316 e. The Hall–Kier alpha value is -0.410. The van der Waals surface area contributed by atoms with E-state index in [9.17, 15) is 0 Å². The molecule has 0 unspecified atom stereocenters. The number of rotatable bonds is 6. The molecule has 0 heterocycles. The van der Waals surface area contributed by atoms with Crippen LogP contribution in [0.4, 0.5) is 0 Å². The summed E-state index contributed by atoms with van der Waals surface area (Å²) in [5.74, 6) is 0. The minimum absolute atomic E-state index is 0.658. The van der Waals surface area contributed by atoms with Gasteiger partial charge in [0.05, 0.1) is 27.3 Å². The molecule has 0 radical (unpaired) electrons. The predicted molar refractivity (Wildman–Crippen MR) is 49.7 cm³/mol. The molecular formula is C8H20N3+. The normalized spacial score (nSPS) is 11.5. The van der Waals surface area contributed by atoms with Gasteiger partial charge in [0.1, 0.15) is 6.67 Å². The molecule has 0 atom stereocenters. The molecule has 0 aliphatic heterocycles. The molecule has 0 fully saturated rings. The quantitative estimate of drug-likeness (QED) is 0.261. The maximum atomic E-state index is 3.73. The van der Waals surface area contributed by atoms with Crippen LogP contribution in [-0.2, 0) is 0 Å². The molecular weight excluding hydrogens is 138 g/mol. The molecule has 0 aliphatic rings. The van der Waals surface area contributed by atoms with Crippen molar-refractivity contribution in [3.8, 4) is 0 Å². The number of nitrogens with one attached hydrogen (secondary N) is 1. The van der Waals surface area contributed by atoms with Crippen LogP contribution in [0.15, 0.2) is 4.99 Å². The first-order valence-electron chi connectivity index (χ1n) is 4.07. The summed E-state index contributed by atoms with van der Waals surface area (Å²) in [6, 6.07) is 0. The molecule has 0 spiro atoms. The van der Waals surface area contributed by atoms with Crippen LogP contribution < -0.4 is 5.32 Å². The van der Waals surface area contributed by atoms with Crippen molar-refractivity contribution in [1.29, 1.82) is 0 Å². The third kappa shape index (κ3) is 6.01. The summed E-state index contributed by atoms with van der Waals surface area (Å²) >= 11 is 0. The second-order valence-electron chi connectivity index (χ2n) is 3.45. The molecule has 0 aliphatic carbocycles. The van der Waals surface area contributed by atoms with Crippen LogP contribution in [0, 0.1) is 0 Å². The van der Waals surface area contributed by atoms with Gasteiger partial charge in [-0.15, -0.1) is 0 Å². The standard InChI is InChI=1S/C8H20N3/c1-5-6-11(3,4)8-10-7-9-2/h10H,2,5-8H2,1,3-4H3/q+1. The van der Waals surface area contributed by atoms with Gasteiger partial charge in [-0.05, 0) is 13.1 Å². The summed E-state index contributed by atoms with van der Waals surface area (Å²) in [6.45, 7) is 8.43. The summed E-state index contributed by atoms with van der Waals surface area (Å²) in [7, 11) is 4.42. The summed E-state index contributed by atoms with van der Waals surface area (Å²) in [5.41, 5.74) is 0. The van der Waals surface area contributed by atoms with Gasteiger partial charge < -0.3 is 4.48 Å². The fourth-order valence-electron chi connectivity index (χ4n) is 1.12. The third-order valence-electron chi connectivity index (χ3n) is 1.59. The van der Waals surface area contributed by atoms with Crippen LogP contribution in [0.5, 0.6) is 0 Å². The van der Waals surface area contributed by atoms with Crippen molar-refractivity contribution in [3.63, 3.8) is 0 Å². The number of hydrogen-bond acceptors (Lipinski definition) is 2. The Morgan fingerprint density at radius 2 is 2.09 bits per heavy atom. The van der Waals surface area contributed by atoms with E-state index in [-0.39, 0.29) is 0 Å². The summed E-state index contributed by atoms with van der Waals surface area (Å²) < 4.78 is 1.01. The molecule has 0 aromatic carbocycles. The highest BCUT2D eigenvalue weighted by Gasteiger charge is 2.11. The Morgan fingerprint density at radius 3 is 2.55 bits per heavy atom. The average molecular weight is 158 g/mol. The van der Waals surface area contributed by atoms with Crippen LogP contribution >= 0.6 is 0 Å². The zero-order valence-electron chi connectivity index (χ0n) is 7.93. The summed E-state index contributed by atoms with van der Waals surface area (Å²) in [6.07, 6.45) is 1.22. The van der Waals surface area contributed by atoms with Crippen LogP contribution in [0.1, 0.15) is 13.3 Å². The molecule has 3 nitrogen and oxygen atoms in total. The zero-order valence-corrected chi connectivity index (χ0v) is 7.93. The maximum Gasteiger partial charge on any atom is 0.133 e. The second-order valence-corrected chi connectivity index (χ2v) is 3.45. The Labute approximate surface area is 69.7 Å². The molecule has 0 aromatic rings. The Kier molecular flexibility index (Phi) is 5.07. The minimum Gasteiger partial charge on any atom is -0.316 e. The van der Waals surface area contributed by atoms with E-state index >= 15 is 0 Å². The first kappa shape index (κ1) is 10.6. The number of hydrogen-bond donors (Lipinski definition) is 1. The first-order chi connectivity index (χ1) is 5.12. The highest BCUT2D eigenvalue weighted by Crippen LogP contribution is 1.95. The van der Waals surface area contributed by atoms with E-state index in [2.05, 4.69) is 38.0 Å². The molecule has 0 rings (SSSR count). The van der Waals surface area contributed by atoms with E-state index in [0.717, 1.165) is 11.2 Å². The number of aliphatic imine (C=N–C) groups is 1. The van der Waals surface area contributed by atoms with E-state index in [1.807, 2.05) is 0 Å². The highest BCUT2D eigenvalue weighted by atomic mass is 15.4. The molecule has 1 N–H and O–H groups in total. The van der Waals surface area contributed by atoms with Gasteiger partial charge in [-0.3, -0.25) is 10.3 Å². The molecule has 3 heteroatoms. The summed E-state index contributed by atoms with van der Waals surface area (Å²) in [4.78, 5) is 3.73. The Morgan fingerprint density at radius 1 is 1.45 bits per heavy atom. The molecule has 0 aromatic heterocycles. The van der Waals surface area contributed by atoms with Crippen molar-refractivity contribution < 1.29 is 4.48 Å². The van der Waals surface area contributed by atoms with Gasteiger partial charge in [0, 0.05) is 0 Å². The number of quaternary nitrogens is 1. The van der Waals surface area contributed by atoms with Crippen LogP contribution in [0.25, 0.3) is 0 Å². The smallest absolute Gasteiger partial charge is 0.133 e. The number of nitrogens with zero attached hydrogens (tertiary/aromatic N) is 2.